The molecule has 0 unspecified atom stereocenters. The molecule has 2 rings (SSSR count). The first-order chi connectivity index (χ1) is 10.8. The summed E-state index contributed by atoms with van der Waals surface area (Å²) in [7, 11) is 0. The maximum atomic E-state index is 12.6. The van der Waals surface area contributed by atoms with Crippen molar-refractivity contribution in [1.82, 2.24) is 9.88 Å². The van der Waals surface area contributed by atoms with Gasteiger partial charge in [-0.15, -0.1) is 0 Å². The van der Waals surface area contributed by atoms with Gasteiger partial charge in [0, 0.05) is 18.7 Å². The number of ether oxygens (including phenoxy) is 1. The molecule has 1 fully saturated rings. The number of carbonyl (C=O) groups excluding carboxylic acids is 1. The number of pyridine rings is 1. The lowest BCUT2D eigenvalue weighted by Gasteiger charge is -2.28. The molecule has 1 amide bonds. The van der Waals surface area contributed by atoms with Crippen LogP contribution in [0.2, 0.25) is 0 Å². The lowest BCUT2D eigenvalue weighted by molar-refractivity contribution is -0.154. The topological polar surface area (TPSA) is 42.4 Å². The van der Waals surface area contributed by atoms with Crippen molar-refractivity contribution in [2.45, 2.75) is 45.3 Å². The van der Waals surface area contributed by atoms with Gasteiger partial charge in [-0.2, -0.15) is 13.2 Å². The van der Waals surface area contributed by atoms with E-state index in [0.29, 0.717) is 12.5 Å². The fraction of sp³-hybridized carbons (Fsp3) is 0.625. The number of hydrogen-bond donors (Lipinski definition) is 0. The van der Waals surface area contributed by atoms with Crippen LogP contribution in [0.3, 0.4) is 0 Å². The minimum Gasteiger partial charge on any atom is -0.468 e. The fourth-order valence-electron chi connectivity index (χ4n) is 2.72. The van der Waals surface area contributed by atoms with Gasteiger partial charge in [0.2, 0.25) is 5.88 Å². The van der Waals surface area contributed by atoms with Crippen LogP contribution in [-0.4, -0.2) is 41.2 Å². The highest BCUT2D eigenvalue weighted by Gasteiger charge is 2.29. The molecule has 0 aliphatic carbocycles. The number of likely N-dealkylation sites (tertiary alicyclic amines) is 1. The molecular formula is C16H21F3N2O2. The van der Waals surface area contributed by atoms with E-state index in [2.05, 4.69) is 16.6 Å². The van der Waals surface area contributed by atoms with Crippen LogP contribution < -0.4 is 4.74 Å². The molecule has 0 saturated carbocycles. The van der Waals surface area contributed by atoms with Gasteiger partial charge < -0.3 is 9.64 Å². The molecular weight excluding hydrogens is 309 g/mol. The maximum Gasteiger partial charge on any atom is 0.422 e. The summed E-state index contributed by atoms with van der Waals surface area (Å²) in [6.07, 6.45) is -1.39. The largest absolute Gasteiger partial charge is 0.468 e. The molecule has 0 radical (unpaired) electrons. The van der Waals surface area contributed by atoms with Crippen LogP contribution in [0, 0.1) is 5.92 Å². The number of hydrogen-bond acceptors (Lipinski definition) is 3. The van der Waals surface area contributed by atoms with Crippen LogP contribution in [0.4, 0.5) is 13.2 Å². The van der Waals surface area contributed by atoms with Gasteiger partial charge in [-0.1, -0.05) is 19.4 Å². The molecule has 128 valence electrons. The average Bonchev–Trinajstić information content (AvgIpc) is 2.65. The summed E-state index contributed by atoms with van der Waals surface area (Å²) < 4.78 is 41.2. The number of amides is 1. The molecule has 2 heterocycles. The third-order valence-electron chi connectivity index (χ3n) is 3.95. The van der Waals surface area contributed by atoms with E-state index in [9.17, 15) is 18.0 Å². The zero-order valence-electron chi connectivity index (χ0n) is 13.3. The molecule has 2 atom stereocenters. The number of nitrogens with zero attached hydrogens (tertiary/aromatic N) is 2. The van der Waals surface area contributed by atoms with Crippen molar-refractivity contribution in [3.8, 4) is 5.88 Å². The average molecular weight is 330 g/mol. The van der Waals surface area contributed by atoms with Crippen LogP contribution in [0.15, 0.2) is 18.2 Å². The van der Waals surface area contributed by atoms with Crippen molar-refractivity contribution in [2.24, 2.45) is 5.92 Å². The normalized spacial score (nSPS) is 22.6. The Morgan fingerprint density at radius 1 is 1.35 bits per heavy atom. The van der Waals surface area contributed by atoms with E-state index in [0.717, 1.165) is 19.3 Å². The number of aromatic nitrogens is 1. The van der Waals surface area contributed by atoms with Crippen LogP contribution in [-0.2, 0) is 0 Å². The zero-order valence-corrected chi connectivity index (χ0v) is 13.3. The van der Waals surface area contributed by atoms with Gasteiger partial charge in [-0.3, -0.25) is 4.79 Å². The van der Waals surface area contributed by atoms with Crippen molar-refractivity contribution in [2.75, 3.05) is 13.2 Å². The molecule has 1 aromatic heterocycles. The Bertz CT molecular complexity index is 548. The SMILES string of the molecule is C[C@H]1CCC[C@H](C)N(C(=O)c2cccc(OCC(F)(F)F)n2)C1. The Morgan fingerprint density at radius 2 is 2.09 bits per heavy atom. The standard InChI is InChI=1S/C16H21F3N2O2/c1-11-5-3-6-12(2)21(9-11)15(22)13-7-4-8-14(20-13)23-10-16(17,18)19/h4,7-8,11-12H,3,5-6,9-10H2,1-2H3/t11-,12-/m0/s1. The first-order valence-electron chi connectivity index (χ1n) is 7.74. The van der Waals surface area contributed by atoms with E-state index in [-0.39, 0.29) is 23.5 Å². The van der Waals surface area contributed by atoms with Crippen LogP contribution >= 0.6 is 0 Å². The molecule has 0 aromatic carbocycles. The van der Waals surface area contributed by atoms with Crippen molar-refractivity contribution in [3.63, 3.8) is 0 Å². The first kappa shape index (κ1) is 17.6. The van der Waals surface area contributed by atoms with E-state index >= 15 is 0 Å². The van der Waals surface area contributed by atoms with Gasteiger partial charge in [0.05, 0.1) is 0 Å². The molecule has 4 nitrogen and oxygen atoms in total. The summed E-state index contributed by atoms with van der Waals surface area (Å²) in [6.45, 7) is 3.29. The third kappa shape index (κ3) is 5.11. The van der Waals surface area contributed by atoms with Crippen molar-refractivity contribution in [3.05, 3.63) is 23.9 Å². The summed E-state index contributed by atoms with van der Waals surface area (Å²) in [5.41, 5.74) is 0.116. The second-order valence-electron chi connectivity index (χ2n) is 6.11. The van der Waals surface area contributed by atoms with Gasteiger partial charge in [-0.05, 0) is 31.7 Å². The third-order valence-corrected chi connectivity index (χ3v) is 3.95. The van der Waals surface area contributed by atoms with Gasteiger partial charge in [0.15, 0.2) is 6.61 Å². The number of carbonyl (C=O) groups is 1. The van der Waals surface area contributed by atoms with Crippen LogP contribution in [0.5, 0.6) is 5.88 Å². The summed E-state index contributed by atoms with van der Waals surface area (Å²) in [4.78, 5) is 18.3. The van der Waals surface area contributed by atoms with E-state index < -0.39 is 12.8 Å². The quantitative estimate of drug-likeness (QED) is 0.849. The Hall–Kier alpha value is -1.79. The van der Waals surface area contributed by atoms with Gasteiger partial charge in [0.1, 0.15) is 5.69 Å². The molecule has 7 heteroatoms. The highest BCUT2D eigenvalue weighted by Crippen LogP contribution is 2.23. The van der Waals surface area contributed by atoms with Gasteiger partial charge in [-0.25, -0.2) is 4.98 Å². The highest BCUT2D eigenvalue weighted by molar-refractivity contribution is 5.92. The lowest BCUT2D eigenvalue weighted by atomic mass is 10.1. The van der Waals surface area contributed by atoms with Crippen LogP contribution in [0.1, 0.15) is 43.6 Å². The highest BCUT2D eigenvalue weighted by atomic mass is 19.4. The van der Waals surface area contributed by atoms with Crippen molar-refractivity contribution >= 4 is 5.91 Å². The predicted molar refractivity (Wildman–Crippen MR) is 79.3 cm³/mol. The lowest BCUT2D eigenvalue weighted by Crippen LogP contribution is -2.40. The first-order valence-corrected chi connectivity index (χ1v) is 7.74. The zero-order chi connectivity index (χ0) is 17.0. The van der Waals surface area contributed by atoms with E-state index in [4.69, 9.17) is 0 Å². The minimum atomic E-state index is -4.43. The van der Waals surface area contributed by atoms with E-state index in [1.165, 1.54) is 18.2 Å². The van der Waals surface area contributed by atoms with E-state index in [1.807, 2.05) is 6.92 Å². The number of halogens is 3. The molecule has 0 spiro atoms. The fourth-order valence-corrected chi connectivity index (χ4v) is 2.72. The molecule has 1 saturated heterocycles. The Kier molecular flexibility index (Phi) is 5.49. The molecule has 0 N–H and O–H groups in total. The Morgan fingerprint density at radius 3 is 2.78 bits per heavy atom. The Balaban J connectivity index is 2.12. The maximum absolute atomic E-state index is 12.6. The summed E-state index contributed by atoms with van der Waals surface area (Å²) in [6, 6.07) is 4.40. The summed E-state index contributed by atoms with van der Waals surface area (Å²) >= 11 is 0. The number of alkyl halides is 3. The monoisotopic (exact) mass is 330 g/mol. The van der Waals surface area contributed by atoms with Gasteiger partial charge >= 0.3 is 6.18 Å². The molecule has 1 aliphatic heterocycles. The predicted octanol–water partition coefficient (Wildman–Crippen LogP) is 3.67. The number of rotatable bonds is 3. The van der Waals surface area contributed by atoms with Gasteiger partial charge in [0.25, 0.3) is 5.91 Å². The second-order valence-corrected chi connectivity index (χ2v) is 6.11. The second kappa shape index (κ2) is 7.19. The minimum absolute atomic E-state index is 0.0917. The Labute approximate surface area is 133 Å². The molecule has 1 aromatic rings. The molecule has 0 bridgehead atoms. The van der Waals surface area contributed by atoms with Crippen molar-refractivity contribution in [1.29, 1.82) is 0 Å². The van der Waals surface area contributed by atoms with Crippen LogP contribution in [0.25, 0.3) is 0 Å². The molecule has 1 aliphatic rings. The van der Waals surface area contributed by atoms with E-state index in [1.54, 1.807) is 4.90 Å². The molecule has 23 heavy (non-hydrogen) atoms. The summed E-state index contributed by atoms with van der Waals surface area (Å²) in [5, 5.41) is 0. The summed E-state index contributed by atoms with van der Waals surface area (Å²) in [5.74, 6) is -0.0547. The van der Waals surface area contributed by atoms with Crippen molar-refractivity contribution < 1.29 is 22.7 Å². The smallest absolute Gasteiger partial charge is 0.422 e.